The van der Waals surface area contributed by atoms with Crippen LogP contribution in [0, 0.1) is 0 Å². The van der Waals surface area contributed by atoms with Gasteiger partial charge in [0.05, 0.1) is 0 Å². The molecule has 0 amide bonds. The Labute approximate surface area is 390 Å². The fourth-order valence-corrected chi connectivity index (χ4v) is 14.2. The minimum Gasteiger partial charge on any atom is -0.371 e. The zero-order valence-electron chi connectivity index (χ0n) is 37.9. The van der Waals surface area contributed by atoms with Crippen molar-refractivity contribution in [1.82, 2.24) is 0 Å². The quantitative estimate of drug-likeness (QED) is 0.164. The lowest BCUT2D eigenvalue weighted by molar-refractivity contribution is 0.575. The molecule has 0 aromatic heterocycles. The molecule has 8 aliphatic heterocycles. The van der Waals surface area contributed by atoms with E-state index in [9.17, 15) is 0 Å². The van der Waals surface area contributed by atoms with Crippen LogP contribution in [0.5, 0.6) is 0 Å². The van der Waals surface area contributed by atoms with Crippen molar-refractivity contribution in [2.24, 2.45) is 0 Å². The number of rotatable bonds is 4. The number of fused-ring (bicyclic) bond motifs is 8. The first-order valence-corrected chi connectivity index (χ1v) is 25.3. The standard InChI is InChI=1S/C58H54B2N6/c1-5-17-39(18-6-1)65-51-25-13-23-49-55(51)59(43-27-29-47(61-31-9-3-10-32-61)41-21-15-35-63(49)57(41)43)45-37-46-54(38-53(45)65)66(40-19-7-2-8-20-40)52-26-14-24-50-56(52)60(46)44-28-30-48(62-33-11-4-12-34-62)42-22-16-36-64(50)58(42)44/h1-2,5-8,13-14,17-20,23-30,37-38H,3-4,9-12,15-16,21-22,31-36H2. The zero-order valence-corrected chi connectivity index (χ0v) is 37.9. The van der Waals surface area contributed by atoms with Gasteiger partial charge in [-0.15, -0.1) is 0 Å². The SMILES string of the molecule is c1ccc(N2c3cc4c(cc3B3c5ccc(N6CCCCC6)c6c5N(CCC6)c5cccc2c53)B2c3ccc(N5CCCCC5)c5c3N(CCC5)c3cccc(c32)N4c2ccccc2)cc1. The highest BCUT2D eigenvalue weighted by Crippen LogP contribution is 2.49. The molecule has 2 fully saturated rings. The van der Waals surface area contributed by atoms with Gasteiger partial charge in [0.1, 0.15) is 0 Å². The van der Waals surface area contributed by atoms with Gasteiger partial charge in [-0.25, -0.2) is 0 Å². The van der Waals surface area contributed by atoms with Crippen LogP contribution >= 0.6 is 0 Å². The molecule has 8 heterocycles. The summed E-state index contributed by atoms with van der Waals surface area (Å²) in [5, 5.41) is 0. The Kier molecular flexibility index (Phi) is 8.27. The van der Waals surface area contributed by atoms with Crippen LogP contribution in [0.1, 0.15) is 62.5 Å². The van der Waals surface area contributed by atoms with Crippen LogP contribution in [-0.4, -0.2) is 52.7 Å². The Morgan fingerprint density at radius 2 is 0.758 bits per heavy atom. The van der Waals surface area contributed by atoms with Crippen molar-refractivity contribution in [3.05, 3.63) is 145 Å². The lowest BCUT2D eigenvalue weighted by atomic mass is 9.30. The van der Waals surface area contributed by atoms with Crippen molar-refractivity contribution in [3.63, 3.8) is 0 Å². The smallest absolute Gasteiger partial charge is 0.252 e. The van der Waals surface area contributed by atoms with E-state index in [0.29, 0.717) is 0 Å². The summed E-state index contributed by atoms with van der Waals surface area (Å²) in [7, 11) is 0. The van der Waals surface area contributed by atoms with Gasteiger partial charge >= 0.3 is 0 Å². The molecule has 2 saturated heterocycles. The highest BCUT2D eigenvalue weighted by atomic mass is 15.2. The number of hydrogen-bond acceptors (Lipinski definition) is 6. The van der Waals surface area contributed by atoms with E-state index in [2.05, 4.69) is 163 Å². The molecule has 0 atom stereocenters. The van der Waals surface area contributed by atoms with Gasteiger partial charge in [-0.2, -0.15) is 0 Å². The molecular weight excluding hydrogens is 802 g/mol. The fourth-order valence-electron chi connectivity index (χ4n) is 14.2. The largest absolute Gasteiger partial charge is 0.371 e. The van der Waals surface area contributed by atoms with E-state index in [1.165, 1.54) is 179 Å². The second kappa shape index (κ2) is 14.5. The van der Waals surface area contributed by atoms with Crippen LogP contribution < -0.4 is 62.2 Å². The number of benzene rings is 7. The monoisotopic (exact) mass is 856 g/mol. The van der Waals surface area contributed by atoms with Crippen LogP contribution in [0.15, 0.2) is 133 Å². The van der Waals surface area contributed by atoms with Gasteiger partial charge in [0.25, 0.3) is 13.4 Å². The van der Waals surface area contributed by atoms with Gasteiger partial charge < -0.3 is 29.4 Å². The maximum absolute atomic E-state index is 2.73. The van der Waals surface area contributed by atoms with Crippen molar-refractivity contribution in [2.75, 3.05) is 68.7 Å². The molecule has 8 aliphatic rings. The summed E-state index contributed by atoms with van der Waals surface area (Å²) < 4.78 is 0. The van der Waals surface area contributed by atoms with E-state index in [4.69, 9.17) is 0 Å². The molecule has 8 heteroatoms. The lowest BCUT2D eigenvalue weighted by Crippen LogP contribution is -2.66. The summed E-state index contributed by atoms with van der Waals surface area (Å²) >= 11 is 0. The number of para-hydroxylation sites is 2. The third-order valence-electron chi connectivity index (χ3n) is 16.8. The first kappa shape index (κ1) is 37.7. The summed E-state index contributed by atoms with van der Waals surface area (Å²) in [5.41, 5.74) is 28.2. The van der Waals surface area contributed by atoms with Crippen molar-refractivity contribution in [3.8, 4) is 0 Å². The van der Waals surface area contributed by atoms with E-state index in [-0.39, 0.29) is 13.4 Å². The molecule has 66 heavy (non-hydrogen) atoms. The second-order valence-electron chi connectivity index (χ2n) is 20.2. The molecular formula is C58H54B2N6. The molecule has 6 nitrogen and oxygen atoms in total. The van der Waals surface area contributed by atoms with Crippen LogP contribution in [-0.2, 0) is 12.8 Å². The molecule has 0 unspecified atom stereocenters. The van der Waals surface area contributed by atoms with E-state index >= 15 is 0 Å². The normalized spacial score (nSPS) is 18.3. The molecule has 15 rings (SSSR count). The van der Waals surface area contributed by atoms with Gasteiger partial charge in [0.15, 0.2) is 0 Å². The Balaban J connectivity index is 1.02. The molecule has 7 aromatic carbocycles. The zero-order chi connectivity index (χ0) is 43.0. The van der Waals surface area contributed by atoms with Gasteiger partial charge in [-0.3, -0.25) is 0 Å². The Hall–Kier alpha value is -6.53. The third kappa shape index (κ3) is 5.21. The predicted molar refractivity (Wildman–Crippen MR) is 281 cm³/mol. The molecule has 7 aromatic rings. The maximum atomic E-state index is 2.73. The molecule has 0 saturated carbocycles. The number of piperidine rings is 2. The van der Waals surface area contributed by atoms with Gasteiger partial charge in [-0.1, -0.05) is 66.7 Å². The van der Waals surface area contributed by atoms with Crippen LogP contribution in [0.4, 0.5) is 68.2 Å². The maximum Gasteiger partial charge on any atom is 0.252 e. The van der Waals surface area contributed by atoms with Crippen LogP contribution in [0.25, 0.3) is 0 Å². The Morgan fingerprint density at radius 1 is 0.318 bits per heavy atom. The van der Waals surface area contributed by atoms with Crippen molar-refractivity contribution < 1.29 is 0 Å². The van der Waals surface area contributed by atoms with E-state index in [0.717, 1.165) is 25.9 Å². The molecule has 0 N–H and O–H groups in total. The highest BCUT2D eigenvalue weighted by Gasteiger charge is 2.49. The number of hydrogen-bond donors (Lipinski definition) is 0. The fraction of sp³-hybridized carbons (Fsp3) is 0.276. The van der Waals surface area contributed by atoms with Gasteiger partial charge in [0.2, 0.25) is 0 Å². The van der Waals surface area contributed by atoms with Crippen molar-refractivity contribution in [2.45, 2.75) is 64.2 Å². The van der Waals surface area contributed by atoms with E-state index in [1.807, 2.05) is 0 Å². The molecule has 322 valence electrons. The van der Waals surface area contributed by atoms with Crippen molar-refractivity contribution in [1.29, 1.82) is 0 Å². The topological polar surface area (TPSA) is 19.4 Å². The summed E-state index contributed by atoms with van der Waals surface area (Å²) in [5.74, 6) is 0. The van der Waals surface area contributed by atoms with Gasteiger partial charge in [0, 0.05) is 108 Å². The average molecular weight is 857 g/mol. The van der Waals surface area contributed by atoms with Crippen molar-refractivity contribution >= 4 is 114 Å². The molecule has 0 bridgehead atoms. The van der Waals surface area contributed by atoms with E-state index < -0.39 is 0 Å². The molecule has 0 aliphatic carbocycles. The Morgan fingerprint density at radius 3 is 1.21 bits per heavy atom. The minimum absolute atomic E-state index is 0.104. The lowest BCUT2D eigenvalue weighted by Gasteiger charge is -2.49. The molecule has 0 radical (unpaired) electrons. The minimum atomic E-state index is 0.104. The number of nitrogens with zero attached hydrogens (tertiary/aromatic N) is 6. The number of anilines is 12. The summed E-state index contributed by atoms with van der Waals surface area (Å²) in [6.07, 6.45) is 12.5. The van der Waals surface area contributed by atoms with E-state index in [1.54, 1.807) is 11.1 Å². The summed E-state index contributed by atoms with van der Waals surface area (Å²) in [6, 6.07) is 52.3. The second-order valence-corrected chi connectivity index (χ2v) is 20.2. The summed E-state index contributed by atoms with van der Waals surface area (Å²) in [4.78, 5) is 16.1. The first-order chi connectivity index (χ1) is 32.8. The first-order valence-electron chi connectivity index (χ1n) is 25.3. The summed E-state index contributed by atoms with van der Waals surface area (Å²) in [6.45, 7) is 6.98. The predicted octanol–water partition coefficient (Wildman–Crippen LogP) is 9.06. The highest BCUT2D eigenvalue weighted by molar-refractivity contribution is 7.03. The Bertz CT molecular complexity index is 2920. The van der Waals surface area contributed by atoms with Crippen LogP contribution in [0.3, 0.4) is 0 Å². The van der Waals surface area contributed by atoms with Crippen LogP contribution in [0.2, 0.25) is 0 Å². The third-order valence-corrected chi connectivity index (χ3v) is 16.8. The van der Waals surface area contributed by atoms with Gasteiger partial charge in [-0.05, 0) is 175 Å². The molecule has 0 spiro atoms. The average Bonchev–Trinajstić information content (AvgIpc) is 3.39.